The maximum absolute atomic E-state index is 14.3. The Kier molecular flexibility index (Phi) is 7.24. The van der Waals surface area contributed by atoms with Crippen molar-refractivity contribution in [3.8, 4) is 0 Å². The molecule has 0 spiro atoms. The van der Waals surface area contributed by atoms with E-state index in [0.29, 0.717) is 25.1 Å². The minimum Gasteiger partial charge on any atom is -0.367 e. The second-order valence-electron chi connectivity index (χ2n) is 9.63. The number of likely N-dealkylation sites (N-methyl/N-ethyl adjacent to an activating group) is 1. The molecule has 0 unspecified atom stereocenters. The van der Waals surface area contributed by atoms with Crippen LogP contribution in [0.25, 0.3) is 0 Å². The van der Waals surface area contributed by atoms with Gasteiger partial charge >= 0.3 is 0 Å². The van der Waals surface area contributed by atoms with Crippen LogP contribution in [0.4, 0.5) is 22.0 Å². The summed E-state index contributed by atoms with van der Waals surface area (Å²) >= 11 is 5.84. The smallest absolute Gasteiger partial charge is 0.256 e. The Morgan fingerprint density at radius 1 is 1.06 bits per heavy atom. The molecule has 1 aromatic heterocycles. The Balaban J connectivity index is 1.28. The lowest BCUT2D eigenvalue weighted by Crippen LogP contribution is -2.46. The number of carbonyl (C=O) groups is 1. The standard InChI is InChI=1S/C25H33ClFN7O/c1-2-32-10-12-33(13-11-32)23-15-22(28-18-4-3-5-18)30-25(31-23)29-19-8-9-34(16-19)24(35)20-7-6-17(26)14-21(20)27/h6-7,14-15,18-19H,2-5,8-13,16H2,1H3,(H2,28,29,30,31)/t19-/m0/s1. The summed E-state index contributed by atoms with van der Waals surface area (Å²) in [6.07, 6.45) is 4.32. The van der Waals surface area contributed by atoms with Crippen LogP contribution in [0.3, 0.4) is 0 Å². The molecule has 35 heavy (non-hydrogen) atoms. The lowest BCUT2D eigenvalue weighted by atomic mass is 9.93. The van der Waals surface area contributed by atoms with Crippen molar-refractivity contribution in [2.24, 2.45) is 0 Å². The Morgan fingerprint density at radius 2 is 1.86 bits per heavy atom. The third kappa shape index (κ3) is 5.62. The number of rotatable bonds is 7. The van der Waals surface area contributed by atoms with Crippen molar-refractivity contribution < 1.29 is 9.18 Å². The highest BCUT2D eigenvalue weighted by atomic mass is 35.5. The summed E-state index contributed by atoms with van der Waals surface area (Å²) in [5, 5.41) is 7.28. The van der Waals surface area contributed by atoms with Gasteiger partial charge < -0.3 is 25.3 Å². The highest BCUT2D eigenvalue weighted by molar-refractivity contribution is 6.30. The van der Waals surface area contributed by atoms with Crippen LogP contribution < -0.4 is 15.5 Å². The summed E-state index contributed by atoms with van der Waals surface area (Å²) in [6.45, 7) is 8.19. The summed E-state index contributed by atoms with van der Waals surface area (Å²) < 4.78 is 14.3. The average molecular weight is 502 g/mol. The van der Waals surface area contributed by atoms with Gasteiger partial charge in [0.2, 0.25) is 5.95 Å². The van der Waals surface area contributed by atoms with Crippen molar-refractivity contribution >= 4 is 35.1 Å². The van der Waals surface area contributed by atoms with E-state index in [2.05, 4.69) is 33.4 Å². The van der Waals surface area contributed by atoms with Gasteiger partial charge in [-0.15, -0.1) is 0 Å². The summed E-state index contributed by atoms with van der Waals surface area (Å²) in [5.41, 5.74) is 0.0477. The van der Waals surface area contributed by atoms with E-state index in [1.807, 2.05) is 0 Å². The first-order valence-electron chi connectivity index (χ1n) is 12.6. The Labute approximate surface area is 210 Å². The number of aromatic nitrogens is 2. The highest BCUT2D eigenvalue weighted by Gasteiger charge is 2.29. The summed E-state index contributed by atoms with van der Waals surface area (Å²) in [6, 6.07) is 6.69. The maximum atomic E-state index is 14.3. The number of benzene rings is 1. The molecular weight excluding hydrogens is 469 g/mol. The lowest BCUT2D eigenvalue weighted by Gasteiger charge is -2.35. The minimum atomic E-state index is -0.593. The van der Waals surface area contributed by atoms with Crippen LogP contribution in [0.15, 0.2) is 24.3 Å². The van der Waals surface area contributed by atoms with Crippen molar-refractivity contribution in [1.29, 1.82) is 0 Å². The Hall–Kier alpha value is -2.65. The predicted octanol–water partition coefficient (Wildman–Crippen LogP) is 3.70. The van der Waals surface area contributed by atoms with Gasteiger partial charge in [-0.1, -0.05) is 18.5 Å². The zero-order valence-electron chi connectivity index (χ0n) is 20.1. The van der Waals surface area contributed by atoms with Crippen molar-refractivity contribution in [2.75, 3.05) is 61.3 Å². The fraction of sp³-hybridized carbons (Fsp3) is 0.560. The molecule has 5 rings (SSSR count). The van der Waals surface area contributed by atoms with Crippen LogP contribution in [0.2, 0.25) is 5.02 Å². The molecule has 3 heterocycles. The normalized spacial score (nSPS) is 21.2. The number of hydrogen-bond donors (Lipinski definition) is 2. The van der Waals surface area contributed by atoms with Crippen molar-refractivity contribution in [3.05, 3.63) is 40.7 Å². The highest BCUT2D eigenvalue weighted by Crippen LogP contribution is 2.27. The SMILES string of the molecule is CCN1CCN(c2cc(NC3CCC3)nc(N[C@H]3CCN(C(=O)c4ccc(Cl)cc4F)C3)n2)CC1. The molecule has 2 aromatic rings. The molecule has 1 aliphatic carbocycles. The number of nitrogens with zero attached hydrogens (tertiary/aromatic N) is 5. The summed E-state index contributed by atoms with van der Waals surface area (Å²) in [7, 11) is 0. The number of halogens is 2. The van der Waals surface area contributed by atoms with E-state index in [1.165, 1.54) is 18.6 Å². The molecule has 1 saturated carbocycles. The topological polar surface area (TPSA) is 76.6 Å². The largest absolute Gasteiger partial charge is 0.367 e. The van der Waals surface area contributed by atoms with Crippen LogP contribution in [0.1, 0.15) is 43.0 Å². The third-order valence-corrected chi connectivity index (χ3v) is 7.52. The van der Waals surface area contributed by atoms with E-state index in [1.54, 1.807) is 11.0 Å². The van der Waals surface area contributed by atoms with Crippen LogP contribution in [-0.4, -0.2) is 83.6 Å². The van der Waals surface area contributed by atoms with E-state index in [-0.39, 0.29) is 22.5 Å². The summed E-state index contributed by atoms with van der Waals surface area (Å²) in [5.74, 6) is 1.42. The van der Waals surface area contributed by atoms with Gasteiger partial charge in [-0.3, -0.25) is 4.79 Å². The van der Waals surface area contributed by atoms with Gasteiger partial charge in [0.15, 0.2) is 0 Å². The van der Waals surface area contributed by atoms with Gasteiger partial charge in [0.25, 0.3) is 5.91 Å². The minimum absolute atomic E-state index is 0.00180. The number of anilines is 3. The predicted molar refractivity (Wildman–Crippen MR) is 137 cm³/mol. The number of amides is 1. The summed E-state index contributed by atoms with van der Waals surface area (Å²) in [4.78, 5) is 28.9. The number of hydrogen-bond acceptors (Lipinski definition) is 7. The van der Waals surface area contributed by atoms with Gasteiger partial charge in [-0.2, -0.15) is 9.97 Å². The maximum Gasteiger partial charge on any atom is 0.256 e. The lowest BCUT2D eigenvalue weighted by molar-refractivity contribution is 0.0787. The van der Waals surface area contributed by atoms with Gasteiger partial charge in [-0.25, -0.2) is 4.39 Å². The second kappa shape index (κ2) is 10.5. The number of nitrogens with one attached hydrogen (secondary N) is 2. The first kappa shape index (κ1) is 24.1. The molecule has 8 nitrogen and oxygen atoms in total. The molecule has 1 aromatic carbocycles. The third-order valence-electron chi connectivity index (χ3n) is 7.28. The van der Waals surface area contributed by atoms with Crippen molar-refractivity contribution in [1.82, 2.24) is 19.8 Å². The fourth-order valence-corrected chi connectivity index (χ4v) is 5.03. The molecule has 3 aliphatic rings. The van der Waals surface area contributed by atoms with Crippen LogP contribution in [-0.2, 0) is 0 Å². The van der Waals surface area contributed by atoms with E-state index in [4.69, 9.17) is 21.6 Å². The van der Waals surface area contributed by atoms with Crippen molar-refractivity contribution in [3.63, 3.8) is 0 Å². The molecule has 188 valence electrons. The first-order chi connectivity index (χ1) is 17.0. The number of carbonyl (C=O) groups excluding carboxylic acids is 1. The van der Waals surface area contributed by atoms with Crippen LogP contribution >= 0.6 is 11.6 Å². The molecule has 0 radical (unpaired) electrons. The van der Waals surface area contributed by atoms with Crippen LogP contribution in [0.5, 0.6) is 0 Å². The molecule has 2 aliphatic heterocycles. The molecule has 0 bridgehead atoms. The molecular formula is C25H33ClFN7O. The zero-order valence-corrected chi connectivity index (χ0v) is 20.9. The van der Waals surface area contributed by atoms with Crippen LogP contribution in [0, 0.1) is 5.82 Å². The number of likely N-dealkylation sites (tertiary alicyclic amines) is 1. The Bertz CT molecular complexity index is 1060. The molecule has 2 saturated heterocycles. The van der Waals surface area contributed by atoms with Gasteiger partial charge in [0, 0.05) is 62.4 Å². The molecule has 1 atom stereocenters. The second-order valence-corrected chi connectivity index (χ2v) is 10.1. The van der Waals surface area contributed by atoms with E-state index in [9.17, 15) is 9.18 Å². The molecule has 1 amide bonds. The Morgan fingerprint density at radius 3 is 2.54 bits per heavy atom. The van der Waals surface area contributed by atoms with E-state index in [0.717, 1.165) is 63.6 Å². The average Bonchev–Trinajstić information content (AvgIpc) is 3.29. The monoisotopic (exact) mass is 501 g/mol. The first-order valence-corrected chi connectivity index (χ1v) is 13.0. The fourth-order valence-electron chi connectivity index (χ4n) is 4.87. The van der Waals surface area contributed by atoms with Gasteiger partial charge in [-0.05, 0) is 50.4 Å². The van der Waals surface area contributed by atoms with Gasteiger partial charge in [0.1, 0.15) is 17.5 Å². The molecule has 2 N–H and O–H groups in total. The number of piperazine rings is 1. The van der Waals surface area contributed by atoms with E-state index >= 15 is 0 Å². The van der Waals surface area contributed by atoms with Gasteiger partial charge in [0.05, 0.1) is 5.56 Å². The van der Waals surface area contributed by atoms with E-state index < -0.39 is 5.82 Å². The van der Waals surface area contributed by atoms with Crippen molar-refractivity contribution in [2.45, 2.75) is 44.7 Å². The molecule has 3 fully saturated rings. The quantitative estimate of drug-likeness (QED) is 0.599. The molecule has 10 heteroatoms. The zero-order chi connectivity index (χ0) is 24.4.